The average Bonchev–Trinajstić information content (AvgIpc) is 2.44. The van der Waals surface area contributed by atoms with Crippen LogP contribution in [0.3, 0.4) is 0 Å². The number of benzene rings is 1. The summed E-state index contributed by atoms with van der Waals surface area (Å²) >= 11 is 3.18. The van der Waals surface area contributed by atoms with Crippen LogP contribution in [0.25, 0.3) is 0 Å². The molecule has 0 spiro atoms. The maximum atomic E-state index is 13.5. The lowest BCUT2D eigenvalue weighted by Crippen LogP contribution is -2.43. The third-order valence-electron chi connectivity index (χ3n) is 3.57. The first kappa shape index (κ1) is 17.4. The number of rotatable bonds is 6. The van der Waals surface area contributed by atoms with E-state index in [0.717, 1.165) is 0 Å². The van der Waals surface area contributed by atoms with Gasteiger partial charge in [0, 0.05) is 11.0 Å². The second-order valence-electron chi connectivity index (χ2n) is 4.72. The van der Waals surface area contributed by atoms with Crippen LogP contribution >= 0.6 is 15.9 Å². The second-order valence-corrected chi connectivity index (χ2v) is 5.64. The van der Waals surface area contributed by atoms with Gasteiger partial charge in [0.05, 0.1) is 11.1 Å². The van der Waals surface area contributed by atoms with Crippen molar-refractivity contribution in [1.29, 1.82) is 0 Å². The van der Waals surface area contributed by atoms with Gasteiger partial charge in [0.25, 0.3) is 0 Å². The zero-order valence-corrected chi connectivity index (χ0v) is 13.5. The topological polar surface area (TPSA) is 78.4 Å². The Balaban J connectivity index is 2.70. The Bertz CT molecular complexity index is 533. The third-order valence-corrected chi connectivity index (χ3v) is 4.06. The molecule has 3 N–H and O–H groups in total. The maximum absolute atomic E-state index is 13.5. The molecule has 0 unspecified atom stereocenters. The number of aliphatic carboxylic acids is 1. The molecular formula is C14H18BrFN2O3. The van der Waals surface area contributed by atoms with Gasteiger partial charge in [0.15, 0.2) is 0 Å². The second kappa shape index (κ2) is 7.40. The number of carboxylic acids is 1. The van der Waals surface area contributed by atoms with E-state index in [-0.39, 0.29) is 12.2 Å². The first-order chi connectivity index (χ1) is 9.84. The van der Waals surface area contributed by atoms with Gasteiger partial charge in [-0.15, -0.1) is 0 Å². The molecule has 0 heterocycles. The molecule has 1 rings (SSSR count). The fourth-order valence-electron chi connectivity index (χ4n) is 1.89. The zero-order chi connectivity index (χ0) is 16.0. The first-order valence-corrected chi connectivity index (χ1v) is 7.37. The normalized spacial score (nSPS) is 11.0. The Hall–Kier alpha value is -1.63. The summed E-state index contributed by atoms with van der Waals surface area (Å²) in [5.74, 6) is -1.52. The van der Waals surface area contributed by atoms with Crippen molar-refractivity contribution >= 4 is 33.6 Å². The molecule has 0 aromatic heterocycles. The Morgan fingerprint density at radius 2 is 1.95 bits per heavy atom. The van der Waals surface area contributed by atoms with E-state index in [1.54, 1.807) is 13.8 Å². The van der Waals surface area contributed by atoms with Crippen LogP contribution < -0.4 is 10.6 Å². The Morgan fingerprint density at radius 3 is 2.48 bits per heavy atom. The van der Waals surface area contributed by atoms with Crippen LogP contribution in [0.4, 0.5) is 14.9 Å². The number of carbonyl (C=O) groups is 2. The molecule has 7 heteroatoms. The van der Waals surface area contributed by atoms with E-state index in [4.69, 9.17) is 0 Å². The largest absolute Gasteiger partial charge is 0.481 e. The van der Waals surface area contributed by atoms with Crippen molar-refractivity contribution in [1.82, 2.24) is 5.32 Å². The van der Waals surface area contributed by atoms with Crippen LogP contribution in [0.2, 0.25) is 0 Å². The van der Waals surface area contributed by atoms with Gasteiger partial charge in [0.2, 0.25) is 0 Å². The minimum atomic E-state index is -1.01. The van der Waals surface area contributed by atoms with Crippen LogP contribution in [-0.2, 0) is 4.79 Å². The molecule has 0 aliphatic heterocycles. The highest BCUT2D eigenvalue weighted by molar-refractivity contribution is 9.10. The van der Waals surface area contributed by atoms with Crippen LogP contribution in [0.5, 0.6) is 0 Å². The summed E-state index contributed by atoms with van der Waals surface area (Å²) in [5, 5.41) is 14.1. The van der Waals surface area contributed by atoms with E-state index in [9.17, 15) is 19.1 Å². The molecule has 0 fully saturated rings. The van der Waals surface area contributed by atoms with Crippen LogP contribution in [0.15, 0.2) is 22.7 Å². The van der Waals surface area contributed by atoms with Crippen LogP contribution in [0, 0.1) is 11.2 Å². The minimum Gasteiger partial charge on any atom is -0.481 e. The number of carboxylic acid groups (broad SMARTS) is 1. The molecule has 1 aromatic carbocycles. The van der Waals surface area contributed by atoms with Gasteiger partial charge in [-0.25, -0.2) is 9.18 Å². The number of urea groups is 1. The van der Waals surface area contributed by atoms with Gasteiger partial charge >= 0.3 is 12.0 Å². The Labute approximate surface area is 131 Å². The van der Waals surface area contributed by atoms with Gasteiger partial charge in [-0.2, -0.15) is 0 Å². The van der Waals surface area contributed by atoms with Gasteiger partial charge in [-0.05, 0) is 31.0 Å². The van der Waals surface area contributed by atoms with E-state index in [0.29, 0.717) is 17.3 Å². The molecule has 0 aliphatic carbocycles. The summed E-state index contributed by atoms with van der Waals surface area (Å²) in [5.41, 5.74) is -0.983. The van der Waals surface area contributed by atoms with Crippen molar-refractivity contribution in [3.8, 4) is 0 Å². The third kappa shape index (κ3) is 4.42. The van der Waals surface area contributed by atoms with E-state index in [1.807, 2.05) is 0 Å². The molecule has 2 amide bonds. The molecule has 116 valence electrons. The number of hydrogen-bond donors (Lipinski definition) is 3. The minimum absolute atomic E-state index is 0.0171. The number of halogens is 2. The maximum Gasteiger partial charge on any atom is 0.319 e. The molecule has 21 heavy (non-hydrogen) atoms. The van der Waals surface area contributed by atoms with Crippen molar-refractivity contribution < 1.29 is 19.1 Å². The summed E-state index contributed by atoms with van der Waals surface area (Å²) in [7, 11) is 0. The smallest absolute Gasteiger partial charge is 0.319 e. The van der Waals surface area contributed by atoms with E-state index in [2.05, 4.69) is 26.6 Å². The summed E-state index contributed by atoms with van der Waals surface area (Å²) < 4.78 is 14.1. The average molecular weight is 361 g/mol. The molecule has 0 aliphatic rings. The molecule has 0 saturated heterocycles. The molecule has 0 saturated carbocycles. The lowest BCUT2D eigenvalue weighted by atomic mass is 9.82. The summed E-state index contributed by atoms with van der Waals surface area (Å²) in [6.07, 6.45) is 0.786. The lowest BCUT2D eigenvalue weighted by molar-refractivity contribution is -0.149. The number of amides is 2. The summed E-state index contributed by atoms with van der Waals surface area (Å²) in [4.78, 5) is 23.1. The first-order valence-electron chi connectivity index (χ1n) is 6.58. The van der Waals surface area contributed by atoms with Crippen LogP contribution in [-0.4, -0.2) is 23.7 Å². The highest BCUT2D eigenvalue weighted by Crippen LogP contribution is 2.26. The Kier molecular flexibility index (Phi) is 6.14. The van der Waals surface area contributed by atoms with Gasteiger partial charge in [-0.1, -0.05) is 29.8 Å². The number of hydrogen-bond acceptors (Lipinski definition) is 2. The quantitative estimate of drug-likeness (QED) is 0.725. The van der Waals surface area contributed by atoms with Crippen molar-refractivity contribution in [2.45, 2.75) is 26.7 Å². The van der Waals surface area contributed by atoms with Crippen LogP contribution in [0.1, 0.15) is 26.7 Å². The number of anilines is 1. The fourth-order valence-corrected chi connectivity index (χ4v) is 2.25. The molecule has 5 nitrogen and oxygen atoms in total. The molecule has 0 radical (unpaired) electrons. The van der Waals surface area contributed by atoms with Crippen molar-refractivity contribution in [2.24, 2.45) is 5.41 Å². The monoisotopic (exact) mass is 360 g/mol. The van der Waals surface area contributed by atoms with Gasteiger partial charge < -0.3 is 15.7 Å². The van der Waals surface area contributed by atoms with E-state index < -0.39 is 23.2 Å². The number of nitrogens with one attached hydrogen (secondary N) is 2. The lowest BCUT2D eigenvalue weighted by Gasteiger charge is -2.26. The van der Waals surface area contributed by atoms with Crippen molar-refractivity contribution in [3.05, 3.63) is 28.5 Å². The Morgan fingerprint density at radius 1 is 1.33 bits per heavy atom. The van der Waals surface area contributed by atoms with Gasteiger partial charge in [-0.3, -0.25) is 4.79 Å². The predicted octanol–water partition coefficient (Wildman–Crippen LogP) is 3.60. The van der Waals surface area contributed by atoms with E-state index in [1.165, 1.54) is 18.2 Å². The van der Waals surface area contributed by atoms with Crippen molar-refractivity contribution in [3.63, 3.8) is 0 Å². The van der Waals surface area contributed by atoms with Gasteiger partial charge in [0.1, 0.15) is 5.82 Å². The highest BCUT2D eigenvalue weighted by atomic mass is 79.9. The fraction of sp³-hybridized carbons (Fsp3) is 0.429. The highest BCUT2D eigenvalue weighted by Gasteiger charge is 2.35. The standard InChI is InChI=1S/C14H18BrFN2O3/c1-3-14(4-2,12(19)20)8-17-13(21)18-11-7-9(15)5-6-10(11)16/h5-7H,3-4,8H2,1-2H3,(H,19,20)(H2,17,18,21). The molecule has 0 atom stereocenters. The summed E-state index contributed by atoms with van der Waals surface area (Å²) in [6.45, 7) is 3.49. The molecule has 0 bridgehead atoms. The number of carbonyl (C=O) groups excluding carboxylic acids is 1. The SMILES string of the molecule is CCC(CC)(CNC(=O)Nc1cc(Br)ccc1F)C(=O)O. The molecule has 1 aromatic rings. The van der Waals surface area contributed by atoms with E-state index >= 15 is 0 Å². The zero-order valence-electron chi connectivity index (χ0n) is 11.9. The summed E-state index contributed by atoms with van der Waals surface area (Å²) in [6, 6.07) is 3.53. The predicted molar refractivity (Wildman–Crippen MR) is 81.8 cm³/mol. The van der Waals surface area contributed by atoms with Crippen molar-refractivity contribution in [2.75, 3.05) is 11.9 Å². The molecular weight excluding hydrogens is 343 g/mol.